The monoisotopic (exact) mass is 289 g/mol. The van der Waals surface area contributed by atoms with Crippen LogP contribution in [0.4, 0.5) is 0 Å². The largest absolute Gasteiger partial charge is 0.419 e. The minimum Gasteiger partial charge on any atom is -0.408 e. The number of aryl methyl sites for hydroxylation is 3. The molecule has 1 aromatic carbocycles. The summed E-state index contributed by atoms with van der Waals surface area (Å²) in [5.74, 6) is -0.394. The van der Waals surface area contributed by atoms with Crippen molar-refractivity contribution in [1.29, 1.82) is 0 Å². The van der Waals surface area contributed by atoms with Gasteiger partial charge in [0.15, 0.2) is 5.58 Å². The van der Waals surface area contributed by atoms with Gasteiger partial charge in [0.25, 0.3) is 0 Å². The zero-order valence-corrected chi connectivity index (χ0v) is 12.3. The van der Waals surface area contributed by atoms with Crippen molar-refractivity contribution in [3.8, 4) is 0 Å². The molecular formula is C15H15NO3S. The number of benzene rings is 1. The van der Waals surface area contributed by atoms with Crippen LogP contribution in [0.3, 0.4) is 0 Å². The number of nitrogens with zero attached hydrogens (tertiary/aromatic N) is 1. The predicted molar refractivity (Wildman–Crippen MR) is 79.3 cm³/mol. The van der Waals surface area contributed by atoms with Crippen LogP contribution in [0, 0.1) is 13.8 Å². The lowest BCUT2D eigenvalue weighted by Gasteiger charge is -2.08. The summed E-state index contributed by atoms with van der Waals surface area (Å²) < 4.78 is 6.60. The second-order valence-corrected chi connectivity index (χ2v) is 6.23. The highest BCUT2D eigenvalue weighted by Crippen LogP contribution is 2.31. The molecule has 0 fully saturated rings. The molecule has 0 aliphatic rings. The summed E-state index contributed by atoms with van der Waals surface area (Å²) >= 11 is 1.58. The van der Waals surface area contributed by atoms with E-state index in [4.69, 9.17) is 4.42 Å². The SMILES string of the molecule is Cc1cc(C(O)c2ccc3c(c2)oc(=O)n3C)sc1C. The van der Waals surface area contributed by atoms with Crippen molar-refractivity contribution in [1.82, 2.24) is 4.57 Å². The molecule has 2 heterocycles. The van der Waals surface area contributed by atoms with Crippen LogP contribution in [-0.2, 0) is 7.05 Å². The highest BCUT2D eigenvalue weighted by Gasteiger charge is 2.16. The van der Waals surface area contributed by atoms with E-state index in [1.165, 1.54) is 15.0 Å². The van der Waals surface area contributed by atoms with E-state index in [1.807, 2.05) is 26.0 Å². The molecule has 2 aromatic heterocycles. The Bertz CT molecular complexity index is 821. The van der Waals surface area contributed by atoms with E-state index in [0.717, 1.165) is 16.0 Å². The average molecular weight is 289 g/mol. The van der Waals surface area contributed by atoms with Gasteiger partial charge in [-0.25, -0.2) is 4.79 Å². The molecule has 3 rings (SSSR count). The number of hydrogen-bond acceptors (Lipinski definition) is 4. The van der Waals surface area contributed by atoms with Gasteiger partial charge in [0.05, 0.1) is 5.52 Å². The fraction of sp³-hybridized carbons (Fsp3) is 0.267. The first-order valence-electron chi connectivity index (χ1n) is 6.32. The van der Waals surface area contributed by atoms with Crippen molar-refractivity contribution >= 4 is 22.4 Å². The molecule has 1 N–H and O–H groups in total. The third-order valence-electron chi connectivity index (χ3n) is 3.59. The van der Waals surface area contributed by atoms with Gasteiger partial charge in [-0.05, 0) is 43.2 Å². The molecule has 0 bridgehead atoms. The molecule has 0 amide bonds. The Morgan fingerprint density at radius 1 is 1.30 bits per heavy atom. The molecule has 20 heavy (non-hydrogen) atoms. The molecule has 1 unspecified atom stereocenters. The number of hydrogen-bond donors (Lipinski definition) is 1. The van der Waals surface area contributed by atoms with Crippen molar-refractivity contribution in [2.24, 2.45) is 7.05 Å². The quantitative estimate of drug-likeness (QED) is 0.789. The van der Waals surface area contributed by atoms with E-state index in [1.54, 1.807) is 30.5 Å². The molecule has 4 nitrogen and oxygen atoms in total. The van der Waals surface area contributed by atoms with Crippen molar-refractivity contribution in [3.63, 3.8) is 0 Å². The Hall–Kier alpha value is -1.85. The van der Waals surface area contributed by atoms with Gasteiger partial charge in [-0.15, -0.1) is 11.3 Å². The van der Waals surface area contributed by atoms with Crippen molar-refractivity contribution in [2.75, 3.05) is 0 Å². The third kappa shape index (κ3) is 1.99. The summed E-state index contributed by atoms with van der Waals surface area (Å²) in [5, 5.41) is 10.4. The lowest BCUT2D eigenvalue weighted by Crippen LogP contribution is -2.08. The highest BCUT2D eigenvalue weighted by atomic mass is 32.1. The molecule has 0 spiro atoms. The Kier molecular flexibility index (Phi) is 3.03. The molecule has 0 aliphatic carbocycles. The molecule has 0 radical (unpaired) electrons. The fourth-order valence-electron chi connectivity index (χ4n) is 2.22. The summed E-state index contributed by atoms with van der Waals surface area (Å²) in [5.41, 5.74) is 3.13. The Morgan fingerprint density at radius 2 is 2.05 bits per heavy atom. The van der Waals surface area contributed by atoms with Gasteiger partial charge < -0.3 is 9.52 Å². The standard InChI is InChI=1S/C15H15NO3S/c1-8-6-13(20-9(8)2)14(17)10-4-5-11-12(7-10)19-15(18)16(11)3/h4-7,14,17H,1-3H3. The number of fused-ring (bicyclic) bond motifs is 1. The molecule has 3 aromatic rings. The molecule has 1 atom stereocenters. The zero-order chi connectivity index (χ0) is 14.4. The average Bonchev–Trinajstić information content (AvgIpc) is 2.90. The van der Waals surface area contributed by atoms with Gasteiger partial charge in [0.1, 0.15) is 6.10 Å². The topological polar surface area (TPSA) is 55.4 Å². The van der Waals surface area contributed by atoms with E-state index in [0.29, 0.717) is 5.58 Å². The van der Waals surface area contributed by atoms with Crippen LogP contribution in [0.2, 0.25) is 0 Å². The van der Waals surface area contributed by atoms with Gasteiger partial charge in [0.2, 0.25) is 0 Å². The first kappa shape index (κ1) is 13.1. The van der Waals surface area contributed by atoms with Gasteiger partial charge in [0, 0.05) is 16.8 Å². The van der Waals surface area contributed by atoms with Crippen molar-refractivity contribution in [3.05, 3.63) is 55.7 Å². The molecule has 5 heteroatoms. The van der Waals surface area contributed by atoms with E-state index < -0.39 is 11.9 Å². The van der Waals surface area contributed by atoms with Crippen LogP contribution in [0.1, 0.15) is 27.0 Å². The Labute approximate surface area is 119 Å². The fourth-order valence-corrected chi connectivity index (χ4v) is 3.28. The second kappa shape index (κ2) is 4.61. The van der Waals surface area contributed by atoms with Crippen molar-refractivity contribution in [2.45, 2.75) is 20.0 Å². The summed E-state index contributed by atoms with van der Waals surface area (Å²) in [4.78, 5) is 13.6. The molecule has 0 saturated heterocycles. The highest BCUT2D eigenvalue weighted by molar-refractivity contribution is 7.12. The van der Waals surface area contributed by atoms with Crippen molar-refractivity contribution < 1.29 is 9.52 Å². The summed E-state index contributed by atoms with van der Waals surface area (Å²) in [7, 11) is 1.66. The zero-order valence-electron chi connectivity index (χ0n) is 11.5. The Balaban J connectivity index is 2.07. The first-order valence-corrected chi connectivity index (χ1v) is 7.13. The predicted octanol–water partition coefficient (Wildman–Crippen LogP) is 2.89. The summed E-state index contributed by atoms with van der Waals surface area (Å²) in [6.07, 6.45) is -0.692. The maximum absolute atomic E-state index is 11.5. The number of aliphatic hydroxyl groups is 1. The molecule has 0 aliphatic heterocycles. The second-order valence-electron chi connectivity index (χ2n) is 4.94. The number of aromatic nitrogens is 1. The minimum atomic E-state index is -0.692. The number of rotatable bonds is 2. The first-order chi connectivity index (χ1) is 9.47. The van der Waals surface area contributed by atoms with Crippen LogP contribution in [0.25, 0.3) is 11.1 Å². The minimum absolute atomic E-state index is 0.394. The van der Waals surface area contributed by atoms with Crippen LogP contribution in [0.15, 0.2) is 33.5 Å². The van der Waals surface area contributed by atoms with Crippen LogP contribution >= 0.6 is 11.3 Å². The normalized spacial score (nSPS) is 13.0. The molecule has 0 saturated carbocycles. The van der Waals surface area contributed by atoms with Gasteiger partial charge in [-0.2, -0.15) is 0 Å². The molecular weight excluding hydrogens is 274 g/mol. The van der Waals surface area contributed by atoms with E-state index in [2.05, 4.69) is 0 Å². The maximum Gasteiger partial charge on any atom is 0.419 e. The van der Waals surface area contributed by atoms with Gasteiger partial charge >= 0.3 is 5.76 Å². The maximum atomic E-state index is 11.5. The van der Waals surface area contributed by atoms with E-state index in [9.17, 15) is 9.90 Å². The lowest BCUT2D eigenvalue weighted by molar-refractivity contribution is 0.224. The number of aliphatic hydroxyl groups excluding tert-OH is 1. The van der Waals surface area contributed by atoms with Crippen LogP contribution in [-0.4, -0.2) is 9.67 Å². The summed E-state index contributed by atoms with van der Waals surface area (Å²) in [6, 6.07) is 7.35. The van der Waals surface area contributed by atoms with Crippen LogP contribution in [0.5, 0.6) is 0 Å². The lowest BCUT2D eigenvalue weighted by atomic mass is 10.1. The Morgan fingerprint density at radius 3 is 2.70 bits per heavy atom. The summed E-state index contributed by atoms with van der Waals surface area (Å²) in [6.45, 7) is 4.07. The van der Waals surface area contributed by atoms with E-state index >= 15 is 0 Å². The van der Waals surface area contributed by atoms with Gasteiger partial charge in [-0.1, -0.05) is 6.07 Å². The number of oxazole rings is 1. The molecule has 104 valence electrons. The van der Waals surface area contributed by atoms with Gasteiger partial charge in [-0.3, -0.25) is 4.57 Å². The van der Waals surface area contributed by atoms with Crippen LogP contribution < -0.4 is 5.76 Å². The number of thiophene rings is 1. The van der Waals surface area contributed by atoms with E-state index in [-0.39, 0.29) is 0 Å². The smallest absolute Gasteiger partial charge is 0.408 e. The third-order valence-corrected chi connectivity index (χ3v) is 4.79.